The fourth-order valence-corrected chi connectivity index (χ4v) is 2.69. The van der Waals surface area contributed by atoms with Crippen LogP contribution in [0.15, 0.2) is 36.8 Å². The average molecular weight is 443 g/mol. The summed E-state index contributed by atoms with van der Waals surface area (Å²) in [7, 11) is 0. The average Bonchev–Trinajstić information content (AvgIpc) is 3.10. The number of ether oxygens (including phenoxy) is 1. The summed E-state index contributed by atoms with van der Waals surface area (Å²) in [5.74, 6) is -5.34. The molecule has 31 heavy (non-hydrogen) atoms. The molecule has 1 N–H and O–H groups in total. The third kappa shape index (κ3) is 5.44. The Morgan fingerprint density at radius 3 is 2.58 bits per heavy atom. The molecule has 3 aromatic rings. The van der Waals surface area contributed by atoms with Crippen molar-refractivity contribution in [3.63, 3.8) is 0 Å². The van der Waals surface area contributed by atoms with Gasteiger partial charge in [-0.15, -0.1) is 0 Å². The van der Waals surface area contributed by atoms with Gasteiger partial charge in [0.15, 0.2) is 6.61 Å². The van der Waals surface area contributed by atoms with E-state index in [2.05, 4.69) is 25.1 Å². The van der Waals surface area contributed by atoms with Crippen molar-refractivity contribution in [3.05, 3.63) is 48.2 Å². The smallest absolute Gasteiger partial charge is 0.456 e. The number of alkyl halides is 5. The highest BCUT2D eigenvalue weighted by Gasteiger charge is 2.58. The second-order valence-corrected chi connectivity index (χ2v) is 6.62. The van der Waals surface area contributed by atoms with Crippen LogP contribution in [-0.2, 0) is 17.8 Å². The molecule has 3 heterocycles. The molecule has 0 atom stereocenters. The molecule has 0 aliphatic rings. The van der Waals surface area contributed by atoms with E-state index in [-0.39, 0.29) is 24.6 Å². The summed E-state index contributed by atoms with van der Waals surface area (Å²) in [6.07, 6.45) is -1.27. The minimum Gasteiger partial charge on any atom is -0.485 e. The summed E-state index contributed by atoms with van der Waals surface area (Å²) >= 11 is 0. The van der Waals surface area contributed by atoms with Crippen LogP contribution >= 0.6 is 0 Å². The lowest BCUT2D eigenvalue weighted by Crippen LogP contribution is -2.41. The summed E-state index contributed by atoms with van der Waals surface area (Å²) in [6.45, 7) is 0.695. The molecular formula is C19H18F5N5O2. The van der Waals surface area contributed by atoms with Crippen LogP contribution in [0.3, 0.4) is 0 Å². The molecule has 0 aliphatic carbocycles. The van der Waals surface area contributed by atoms with E-state index in [1.807, 2.05) is 6.92 Å². The van der Waals surface area contributed by atoms with Crippen LogP contribution in [-0.4, -0.2) is 50.9 Å². The van der Waals surface area contributed by atoms with Crippen LogP contribution < -0.4 is 10.1 Å². The number of carbonyl (C=O) groups is 1. The van der Waals surface area contributed by atoms with Gasteiger partial charge in [0.2, 0.25) is 5.91 Å². The number of rotatable bonds is 8. The molecule has 0 spiro atoms. The third-order valence-electron chi connectivity index (χ3n) is 4.22. The van der Waals surface area contributed by atoms with Crippen molar-refractivity contribution in [1.29, 1.82) is 0 Å². The molecule has 0 bridgehead atoms. The molecule has 0 saturated heterocycles. The number of hydrogen-bond donors (Lipinski definition) is 1. The summed E-state index contributed by atoms with van der Waals surface area (Å²) in [5, 5.41) is 7.79. The Balaban J connectivity index is 1.68. The molecule has 0 radical (unpaired) electrons. The van der Waals surface area contributed by atoms with Gasteiger partial charge in [-0.3, -0.25) is 19.4 Å². The van der Waals surface area contributed by atoms with Crippen LogP contribution in [0.1, 0.15) is 18.3 Å². The monoisotopic (exact) mass is 443 g/mol. The minimum absolute atomic E-state index is 0.101. The Kier molecular flexibility index (Phi) is 6.37. The van der Waals surface area contributed by atoms with Crippen molar-refractivity contribution >= 4 is 16.8 Å². The lowest BCUT2D eigenvalue weighted by molar-refractivity contribution is -0.290. The molecule has 0 saturated carbocycles. The number of nitrogens with zero attached hydrogens (tertiary/aromatic N) is 4. The molecule has 3 aromatic heterocycles. The number of amides is 1. The first kappa shape index (κ1) is 22.4. The maximum absolute atomic E-state index is 12.9. The maximum atomic E-state index is 12.9. The van der Waals surface area contributed by atoms with Crippen LogP contribution in [0.25, 0.3) is 10.9 Å². The van der Waals surface area contributed by atoms with Gasteiger partial charge in [0, 0.05) is 24.3 Å². The number of pyridine rings is 2. The third-order valence-corrected chi connectivity index (χ3v) is 4.22. The molecule has 7 nitrogen and oxygen atoms in total. The van der Waals surface area contributed by atoms with Crippen molar-refractivity contribution in [3.8, 4) is 5.75 Å². The molecule has 0 unspecified atom stereocenters. The van der Waals surface area contributed by atoms with Crippen molar-refractivity contribution in [2.24, 2.45) is 0 Å². The predicted octanol–water partition coefficient (Wildman–Crippen LogP) is 3.13. The lowest BCUT2D eigenvalue weighted by atomic mass is 10.2. The van der Waals surface area contributed by atoms with E-state index in [4.69, 9.17) is 0 Å². The van der Waals surface area contributed by atoms with Gasteiger partial charge in [0.1, 0.15) is 5.75 Å². The van der Waals surface area contributed by atoms with Crippen LogP contribution in [0.4, 0.5) is 22.0 Å². The van der Waals surface area contributed by atoms with Gasteiger partial charge in [0.05, 0.1) is 36.1 Å². The van der Waals surface area contributed by atoms with Gasteiger partial charge in [-0.25, -0.2) is 0 Å². The quantitative estimate of drug-likeness (QED) is 0.541. The largest absolute Gasteiger partial charge is 0.485 e. The highest BCUT2D eigenvalue weighted by molar-refractivity contribution is 5.86. The van der Waals surface area contributed by atoms with Gasteiger partial charge in [-0.2, -0.15) is 27.1 Å². The van der Waals surface area contributed by atoms with Gasteiger partial charge < -0.3 is 10.1 Å². The predicted molar refractivity (Wildman–Crippen MR) is 99.8 cm³/mol. The van der Waals surface area contributed by atoms with Crippen molar-refractivity contribution in [2.45, 2.75) is 32.0 Å². The van der Waals surface area contributed by atoms with Crippen LogP contribution in [0, 0.1) is 0 Å². The van der Waals surface area contributed by atoms with Gasteiger partial charge in [-0.1, -0.05) is 0 Å². The van der Waals surface area contributed by atoms with E-state index < -0.39 is 18.7 Å². The number of carbonyl (C=O) groups excluding carboxylic acids is 1. The molecule has 0 fully saturated rings. The summed E-state index contributed by atoms with van der Waals surface area (Å²) in [5.41, 5.74) is 1.67. The number of likely N-dealkylation sites (N-methyl/N-ethyl adjacent to an activating group) is 1. The molecule has 3 rings (SSSR count). The van der Waals surface area contributed by atoms with E-state index in [1.54, 1.807) is 23.1 Å². The van der Waals surface area contributed by atoms with Gasteiger partial charge in [-0.05, 0) is 25.1 Å². The Bertz CT molecular complexity index is 1050. The fourth-order valence-electron chi connectivity index (χ4n) is 2.69. The summed E-state index contributed by atoms with van der Waals surface area (Å²) in [4.78, 5) is 20.1. The summed E-state index contributed by atoms with van der Waals surface area (Å²) in [6, 6.07) is 4.37. The molecule has 1 amide bonds. The van der Waals surface area contributed by atoms with Crippen molar-refractivity contribution < 1.29 is 31.5 Å². The zero-order valence-electron chi connectivity index (χ0n) is 16.3. The first-order valence-electron chi connectivity index (χ1n) is 9.19. The molecular weight excluding hydrogens is 425 g/mol. The second kappa shape index (κ2) is 8.82. The Morgan fingerprint density at radius 2 is 1.94 bits per heavy atom. The number of fused-ring (bicyclic) bond motifs is 1. The van der Waals surface area contributed by atoms with E-state index in [1.165, 1.54) is 12.1 Å². The van der Waals surface area contributed by atoms with E-state index >= 15 is 0 Å². The zero-order chi connectivity index (χ0) is 22.6. The highest BCUT2D eigenvalue weighted by Crippen LogP contribution is 2.35. The SMILES string of the molecule is CCNC(=O)Cc1nccc2nn(Cc3ccc(OCC(F)(F)C(F)(F)F)cn3)cc12. The van der Waals surface area contributed by atoms with Gasteiger partial charge in [0.25, 0.3) is 0 Å². The maximum Gasteiger partial charge on any atom is 0.456 e. The number of hydrogen-bond acceptors (Lipinski definition) is 5. The van der Waals surface area contributed by atoms with E-state index in [9.17, 15) is 26.7 Å². The highest BCUT2D eigenvalue weighted by atomic mass is 19.4. The molecule has 0 aliphatic heterocycles. The molecule has 166 valence electrons. The molecule has 12 heteroatoms. The lowest BCUT2D eigenvalue weighted by Gasteiger charge is -2.19. The first-order valence-corrected chi connectivity index (χ1v) is 9.19. The fraction of sp³-hybridized carbons (Fsp3) is 0.368. The normalized spacial score (nSPS) is 12.2. The van der Waals surface area contributed by atoms with Crippen molar-refractivity contribution in [2.75, 3.05) is 13.2 Å². The molecule has 0 aromatic carbocycles. The first-order chi connectivity index (χ1) is 14.6. The Hall–Kier alpha value is -3.31. The van der Waals surface area contributed by atoms with Crippen molar-refractivity contribution in [1.82, 2.24) is 25.1 Å². The second-order valence-electron chi connectivity index (χ2n) is 6.62. The van der Waals surface area contributed by atoms with E-state index in [0.29, 0.717) is 28.8 Å². The number of aromatic nitrogens is 4. The minimum atomic E-state index is -5.69. The van der Waals surface area contributed by atoms with Crippen LogP contribution in [0.5, 0.6) is 5.75 Å². The Morgan fingerprint density at radius 1 is 1.16 bits per heavy atom. The van der Waals surface area contributed by atoms with E-state index in [0.717, 1.165) is 6.20 Å². The Labute approximate surface area is 173 Å². The topological polar surface area (TPSA) is 81.9 Å². The number of nitrogens with one attached hydrogen (secondary N) is 1. The van der Waals surface area contributed by atoms with Crippen LogP contribution in [0.2, 0.25) is 0 Å². The summed E-state index contributed by atoms with van der Waals surface area (Å²) < 4.78 is 68.5. The standard InChI is InChI=1S/C19H18F5N5O2/c1-2-25-17(30)7-16-14-10-29(28-15(14)5-6-26-16)9-12-3-4-13(8-27-12)31-11-18(20,21)19(22,23)24/h3-6,8,10H,2,7,9,11H2,1H3,(H,25,30). The number of halogens is 5. The van der Waals surface area contributed by atoms with Gasteiger partial charge >= 0.3 is 12.1 Å². The zero-order valence-corrected chi connectivity index (χ0v) is 16.3.